The van der Waals surface area contributed by atoms with Crippen molar-refractivity contribution in [2.45, 2.75) is 52.1 Å². The summed E-state index contributed by atoms with van der Waals surface area (Å²) in [5.41, 5.74) is 2.81. The Morgan fingerprint density at radius 1 is 1.18 bits per heavy atom. The zero-order chi connectivity index (χ0) is 23.2. The van der Waals surface area contributed by atoms with Crippen molar-refractivity contribution in [3.63, 3.8) is 0 Å². The summed E-state index contributed by atoms with van der Waals surface area (Å²) in [5, 5.41) is 3.63. The Labute approximate surface area is 200 Å². The van der Waals surface area contributed by atoms with Gasteiger partial charge in [0, 0.05) is 42.7 Å². The summed E-state index contributed by atoms with van der Waals surface area (Å²) in [4.78, 5) is 19.0. The molecule has 0 spiro atoms. The molecule has 1 saturated heterocycles. The van der Waals surface area contributed by atoms with E-state index in [1.807, 2.05) is 43.3 Å². The van der Waals surface area contributed by atoms with E-state index < -0.39 is 0 Å². The second-order valence-electron chi connectivity index (χ2n) is 8.91. The first-order valence-corrected chi connectivity index (χ1v) is 12.3. The Morgan fingerprint density at radius 3 is 2.76 bits per heavy atom. The molecule has 1 fully saturated rings. The fraction of sp³-hybridized carbons (Fsp3) is 0.462. The molecule has 0 bridgehead atoms. The van der Waals surface area contributed by atoms with Crippen LogP contribution in [0.4, 0.5) is 0 Å². The number of carbonyl (C=O) groups is 1. The van der Waals surface area contributed by atoms with Crippen molar-refractivity contribution in [1.82, 2.24) is 19.8 Å². The van der Waals surface area contributed by atoms with Gasteiger partial charge >= 0.3 is 0 Å². The van der Waals surface area contributed by atoms with Gasteiger partial charge in [0.25, 0.3) is 0 Å². The average Bonchev–Trinajstić information content (AvgIpc) is 3.14. The molecule has 2 aromatic carbocycles. The van der Waals surface area contributed by atoms with Gasteiger partial charge in [0.2, 0.25) is 5.91 Å². The van der Waals surface area contributed by atoms with Crippen LogP contribution in [-0.2, 0) is 11.3 Å². The lowest BCUT2D eigenvalue weighted by Gasteiger charge is -2.26. The normalized spacial score (nSPS) is 15.5. The Bertz CT molecular complexity index is 1090. The van der Waals surface area contributed by atoms with E-state index >= 15 is 0 Å². The number of benzene rings is 2. The molecular weight excluding hydrogens is 436 g/mol. The number of carbonyl (C=O) groups excluding carboxylic acids is 1. The zero-order valence-electron chi connectivity index (χ0n) is 19.5. The maximum atomic E-state index is 11.5. The molecule has 1 aromatic heterocycles. The van der Waals surface area contributed by atoms with Gasteiger partial charge in [-0.05, 0) is 63.5 Å². The Morgan fingerprint density at radius 2 is 2.00 bits per heavy atom. The molecule has 2 heterocycles. The van der Waals surface area contributed by atoms with Gasteiger partial charge in [-0.1, -0.05) is 30.2 Å². The van der Waals surface area contributed by atoms with Crippen molar-refractivity contribution < 1.29 is 9.53 Å². The molecule has 0 saturated carbocycles. The van der Waals surface area contributed by atoms with Gasteiger partial charge in [-0.3, -0.25) is 4.79 Å². The smallest absolute Gasteiger partial charge is 0.217 e. The average molecular weight is 469 g/mol. The molecule has 1 aliphatic rings. The largest absolute Gasteiger partial charge is 0.493 e. The number of hydrogen-bond donors (Lipinski definition) is 1. The minimum atomic E-state index is -0.0449. The number of amides is 1. The fourth-order valence-electron chi connectivity index (χ4n) is 4.56. The zero-order valence-corrected chi connectivity index (χ0v) is 20.3. The van der Waals surface area contributed by atoms with Crippen molar-refractivity contribution >= 4 is 28.5 Å². The summed E-state index contributed by atoms with van der Waals surface area (Å²) < 4.78 is 8.20. The van der Waals surface area contributed by atoms with Crippen molar-refractivity contribution in [2.24, 2.45) is 0 Å². The second kappa shape index (κ2) is 11.0. The summed E-state index contributed by atoms with van der Waals surface area (Å²) in [7, 11) is 0. The lowest BCUT2D eigenvalue weighted by molar-refractivity contribution is -0.119. The molecule has 6 nitrogen and oxygen atoms in total. The first-order chi connectivity index (χ1) is 16.0. The highest BCUT2D eigenvalue weighted by Gasteiger charge is 2.17. The van der Waals surface area contributed by atoms with Crippen molar-refractivity contribution in [3.8, 4) is 17.1 Å². The predicted molar refractivity (Wildman–Crippen MR) is 134 cm³/mol. The van der Waals surface area contributed by atoms with Gasteiger partial charge in [0.1, 0.15) is 11.6 Å². The van der Waals surface area contributed by atoms with Crippen LogP contribution in [0.1, 0.15) is 39.5 Å². The maximum absolute atomic E-state index is 11.5. The lowest BCUT2D eigenvalue weighted by Crippen LogP contribution is -2.34. The summed E-state index contributed by atoms with van der Waals surface area (Å²) in [6.07, 6.45) is 5.01. The number of nitrogens with zero attached hydrogens (tertiary/aromatic N) is 3. The van der Waals surface area contributed by atoms with Crippen LogP contribution in [0.3, 0.4) is 0 Å². The number of fused-ring (bicyclic) bond motifs is 1. The summed E-state index contributed by atoms with van der Waals surface area (Å²) in [6.45, 7) is 8.36. The van der Waals surface area contributed by atoms with Crippen molar-refractivity contribution in [1.29, 1.82) is 0 Å². The third kappa shape index (κ3) is 6.27. The highest BCUT2D eigenvalue weighted by Crippen LogP contribution is 2.29. The van der Waals surface area contributed by atoms with Crippen molar-refractivity contribution in [3.05, 3.63) is 47.5 Å². The third-order valence-corrected chi connectivity index (χ3v) is 6.28. The number of aromatic nitrogens is 2. The van der Waals surface area contributed by atoms with Crippen LogP contribution in [0, 0.1) is 0 Å². The molecule has 176 valence electrons. The van der Waals surface area contributed by atoms with Crippen LogP contribution in [0.5, 0.6) is 5.75 Å². The van der Waals surface area contributed by atoms with E-state index in [-0.39, 0.29) is 11.9 Å². The van der Waals surface area contributed by atoms with Crippen LogP contribution in [0.25, 0.3) is 22.4 Å². The number of rotatable bonds is 9. The Kier molecular flexibility index (Phi) is 7.89. The Hall–Kier alpha value is -2.57. The minimum Gasteiger partial charge on any atom is -0.493 e. The van der Waals surface area contributed by atoms with Gasteiger partial charge in [0.15, 0.2) is 0 Å². The third-order valence-electron chi connectivity index (χ3n) is 6.04. The van der Waals surface area contributed by atoms with E-state index in [0.29, 0.717) is 18.2 Å². The number of ether oxygens (including phenoxy) is 1. The molecule has 1 N–H and O–H groups in total. The predicted octanol–water partition coefficient (Wildman–Crippen LogP) is 5.14. The molecule has 3 aromatic rings. The van der Waals surface area contributed by atoms with E-state index in [2.05, 4.69) is 20.9 Å². The van der Waals surface area contributed by atoms with E-state index in [1.54, 1.807) is 0 Å². The molecule has 33 heavy (non-hydrogen) atoms. The van der Waals surface area contributed by atoms with E-state index in [1.165, 1.54) is 39.3 Å². The number of likely N-dealkylation sites (tertiary alicyclic amines) is 1. The fourth-order valence-corrected chi connectivity index (χ4v) is 4.75. The first-order valence-electron chi connectivity index (χ1n) is 11.9. The minimum absolute atomic E-state index is 0.0384. The highest BCUT2D eigenvalue weighted by molar-refractivity contribution is 6.30. The first kappa shape index (κ1) is 23.6. The number of piperidine rings is 1. The molecular formula is C26H33ClN4O2. The number of halogens is 1. The second-order valence-corrected chi connectivity index (χ2v) is 9.35. The van der Waals surface area contributed by atoms with E-state index in [4.69, 9.17) is 21.3 Å². The van der Waals surface area contributed by atoms with E-state index in [0.717, 1.165) is 41.1 Å². The van der Waals surface area contributed by atoms with Crippen LogP contribution in [0.2, 0.25) is 5.02 Å². The monoisotopic (exact) mass is 468 g/mol. The molecule has 4 rings (SSSR count). The van der Waals surface area contributed by atoms with Gasteiger partial charge in [-0.2, -0.15) is 0 Å². The number of imidazole rings is 1. The van der Waals surface area contributed by atoms with Crippen molar-refractivity contribution in [2.75, 3.05) is 26.2 Å². The van der Waals surface area contributed by atoms with Crippen LogP contribution >= 0.6 is 11.6 Å². The lowest BCUT2D eigenvalue weighted by atomic mass is 10.1. The standard InChI is InChI=1S/C26H33ClN4O2/c1-19(28-20(2)32)18-31-25-11-10-23(33-15-7-14-30-12-4-3-5-13-30)17-24(25)29-26(31)21-8-6-9-22(27)16-21/h6,8-11,16-17,19H,3-5,7,12-15,18H2,1-2H3,(H,28,32). The van der Waals surface area contributed by atoms with Crippen LogP contribution in [0.15, 0.2) is 42.5 Å². The molecule has 1 atom stereocenters. The highest BCUT2D eigenvalue weighted by atomic mass is 35.5. The Balaban J connectivity index is 1.52. The van der Waals surface area contributed by atoms with Crippen LogP contribution < -0.4 is 10.1 Å². The molecule has 7 heteroatoms. The molecule has 1 aliphatic heterocycles. The van der Waals surface area contributed by atoms with Gasteiger partial charge in [0.05, 0.1) is 17.6 Å². The number of nitrogens with one attached hydrogen (secondary N) is 1. The SMILES string of the molecule is CC(=O)NC(C)Cn1c(-c2cccc(Cl)c2)nc2cc(OCCCN3CCCCC3)ccc21. The van der Waals surface area contributed by atoms with Gasteiger partial charge in [-0.15, -0.1) is 0 Å². The molecule has 1 unspecified atom stereocenters. The van der Waals surface area contributed by atoms with E-state index in [9.17, 15) is 4.79 Å². The maximum Gasteiger partial charge on any atom is 0.217 e. The summed E-state index contributed by atoms with van der Waals surface area (Å²) in [5.74, 6) is 1.61. The summed E-state index contributed by atoms with van der Waals surface area (Å²) in [6, 6.07) is 13.7. The van der Waals surface area contributed by atoms with Gasteiger partial charge in [-0.25, -0.2) is 4.98 Å². The molecule has 1 amide bonds. The molecule has 0 aliphatic carbocycles. The topological polar surface area (TPSA) is 59.4 Å². The quantitative estimate of drug-likeness (QED) is 0.442. The summed E-state index contributed by atoms with van der Waals surface area (Å²) >= 11 is 6.26. The van der Waals surface area contributed by atoms with Crippen LogP contribution in [-0.4, -0.2) is 52.6 Å². The number of hydrogen-bond acceptors (Lipinski definition) is 4. The van der Waals surface area contributed by atoms with Gasteiger partial charge < -0.3 is 19.5 Å². The molecule has 0 radical (unpaired) electrons.